The molecule has 0 aliphatic carbocycles. The molecule has 0 unspecified atom stereocenters. The van der Waals surface area contributed by atoms with Crippen LogP contribution in [0, 0.1) is 0 Å². The second-order valence-corrected chi connectivity index (χ2v) is 6.01. The first kappa shape index (κ1) is 20.1. The predicted octanol–water partition coefficient (Wildman–Crippen LogP) is 1.59. The number of hydrogen-bond donors (Lipinski definition) is 2. The van der Waals surface area contributed by atoms with E-state index in [1.807, 2.05) is 36.5 Å². The maximum atomic E-state index is 12.8. The minimum Gasteiger partial charge on any atom is -0.497 e. The van der Waals surface area contributed by atoms with E-state index in [0.29, 0.717) is 13.2 Å². The fraction of sp³-hybridized carbons (Fsp3) is 0.444. The van der Waals surface area contributed by atoms with E-state index in [0.717, 1.165) is 37.4 Å². The molecule has 3 rings (SSSR count). The lowest BCUT2D eigenvalue weighted by Crippen LogP contribution is -2.55. The molecule has 1 amide bonds. The van der Waals surface area contributed by atoms with Crippen LogP contribution in [0.3, 0.4) is 0 Å². The molecule has 0 saturated carbocycles. The second kappa shape index (κ2) is 9.45. The van der Waals surface area contributed by atoms with Gasteiger partial charge in [-0.2, -0.15) is 5.10 Å². The van der Waals surface area contributed by atoms with Gasteiger partial charge in [0, 0.05) is 12.4 Å². The highest BCUT2D eigenvalue weighted by molar-refractivity contribution is 5.85. The SMILES string of the molecule is COc1ccc(OCCNC(=O)C2(n3cccn3)CCNCC2)cc1.Cl. The van der Waals surface area contributed by atoms with E-state index in [-0.39, 0.29) is 18.3 Å². The average Bonchev–Trinajstić information content (AvgIpc) is 3.21. The topological polar surface area (TPSA) is 77.4 Å². The summed E-state index contributed by atoms with van der Waals surface area (Å²) in [5, 5.41) is 10.6. The summed E-state index contributed by atoms with van der Waals surface area (Å²) >= 11 is 0. The summed E-state index contributed by atoms with van der Waals surface area (Å²) < 4.78 is 12.6. The third kappa shape index (κ3) is 4.47. The molecule has 0 spiro atoms. The summed E-state index contributed by atoms with van der Waals surface area (Å²) in [6, 6.07) is 9.23. The molecule has 1 fully saturated rings. The first-order valence-electron chi connectivity index (χ1n) is 8.51. The van der Waals surface area contributed by atoms with Crippen molar-refractivity contribution in [1.29, 1.82) is 0 Å². The Morgan fingerprint density at radius 1 is 1.27 bits per heavy atom. The molecule has 1 aliphatic heterocycles. The Kier molecular flexibility index (Phi) is 7.29. The zero-order valence-electron chi connectivity index (χ0n) is 14.8. The van der Waals surface area contributed by atoms with Crippen molar-refractivity contribution >= 4 is 18.3 Å². The summed E-state index contributed by atoms with van der Waals surface area (Å²) in [6.07, 6.45) is 5.02. The van der Waals surface area contributed by atoms with Crippen LogP contribution in [0.5, 0.6) is 11.5 Å². The molecule has 0 radical (unpaired) electrons. The molecule has 2 heterocycles. The molecule has 0 bridgehead atoms. The molecular weight excluding hydrogens is 356 g/mol. The van der Waals surface area contributed by atoms with Crippen LogP contribution >= 0.6 is 12.4 Å². The molecule has 7 nitrogen and oxygen atoms in total. The van der Waals surface area contributed by atoms with Crippen LogP contribution in [0.1, 0.15) is 12.8 Å². The van der Waals surface area contributed by atoms with Crippen molar-refractivity contribution in [2.24, 2.45) is 0 Å². The Labute approximate surface area is 159 Å². The monoisotopic (exact) mass is 380 g/mol. The van der Waals surface area contributed by atoms with Crippen LogP contribution in [0.25, 0.3) is 0 Å². The van der Waals surface area contributed by atoms with Gasteiger partial charge in [-0.3, -0.25) is 9.48 Å². The predicted molar refractivity (Wildman–Crippen MR) is 101 cm³/mol. The molecule has 8 heteroatoms. The maximum absolute atomic E-state index is 12.8. The number of carbonyl (C=O) groups is 1. The quantitative estimate of drug-likeness (QED) is 0.713. The van der Waals surface area contributed by atoms with E-state index in [1.54, 1.807) is 18.0 Å². The van der Waals surface area contributed by atoms with Crippen molar-refractivity contribution in [3.63, 3.8) is 0 Å². The van der Waals surface area contributed by atoms with Crippen molar-refractivity contribution in [2.45, 2.75) is 18.4 Å². The van der Waals surface area contributed by atoms with Gasteiger partial charge < -0.3 is 20.1 Å². The van der Waals surface area contributed by atoms with E-state index >= 15 is 0 Å². The van der Waals surface area contributed by atoms with Crippen molar-refractivity contribution in [3.05, 3.63) is 42.7 Å². The van der Waals surface area contributed by atoms with E-state index in [4.69, 9.17) is 9.47 Å². The number of piperidine rings is 1. The Balaban J connectivity index is 0.00000243. The minimum atomic E-state index is -0.616. The number of carbonyl (C=O) groups excluding carboxylic acids is 1. The second-order valence-electron chi connectivity index (χ2n) is 6.01. The Bertz CT molecular complexity index is 670. The van der Waals surface area contributed by atoms with Crippen LogP contribution in [-0.4, -0.2) is 49.0 Å². The molecule has 2 N–H and O–H groups in total. The number of hydrogen-bond acceptors (Lipinski definition) is 5. The van der Waals surface area contributed by atoms with Gasteiger partial charge >= 0.3 is 0 Å². The van der Waals surface area contributed by atoms with Gasteiger partial charge in [-0.25, -0.2) is 0 Å². The highest BCUT2D eigenvalue weighted by Gasteiger charge is 2.41. The third-order valence-electron chi connectivity index (χ3n) is 4.51. The Morgan fingerprint density at radius 3 is 2.58 bits per heavy atom. The lowest BCUT2D eigenvalue weighted by atomic mass is 9.87. The van der Waals surface area contributed by atoms with Crippen molar-refractivity contribution in [1.82, 2.24) is 20.4 Å². The number of nitrogens with zero attached hydrogens (tertiary/aromatic N) is 2. The van der Waals surface area contributed by atoms with Crippen molar-refractivity contribution in [3.8, 4) is 11.5 Å². The van der Waals surface area contributed by atoms with Crippen LogP contribution in [-0.2, 0) is 10.3 Å². The van der Waals surface area contributed by atoms with Crippen LogP contribution in [0.4, 0.5) is 0 Å². The molecule has 1 aromatic heterocycles. The summed E-state index contributed by atoms with van der Waals surface area (Å²) in [5.41, 5.74) is -0.616. The van der Waals surface area contributed by atoms with Gasteiger partial charge in [0.2, 0.25) is 5.91 Å². The summed E-state index contributed by atoms with van der Waals surface area (Å²) in [4.78, 5) is 12.8. The van der Waals surface area contributed by atoms with Crippen LogP contribution in [0.15, 0.2) is 42.7 Å². The van der Waals surface area contributed by atoms with Gasteiger partial charge in [0.15, 0.2) is 0 Å². The lowest BCUT2D eigenvalue weighted by Gasteiger charge is -2.36. The van der Waals surface area contributed by atoms with Gasteiger partial charge in [0.1, 0.15) is 23.6 Å². The summed E-state index contributed by atoms with van der Waals surface area (Å²) in [6.45, 7) is 2.46. The number of rotatable bonds is 7. The Morgan fingerprint density at radius 2 is 1.96 bits per heavy atom. The van der Waals surface area contributed by atoms with Gasteiger partial charge in [-0.15, -0.1) is 12.4 Å². The molecule has 1 aromatic carbocycles. The number of halogens is 1. The number of ether oxygens (including phenoxy) is 2. The fourth-order valence-corrected chi connectivity index (χ4v) is 3.09. The van der Waals surface area contributed by atoms with Gasteiger partial charge in [-0.1, -0.05) is 0 Å². The van der Waals surface area contributed by atoms with E-state index < -0.39 is 5.54 Å². The molecule has 142 valence electrons. The van der Waals surface area contributed by atoms with E-state index in [9.17, 15) is 4.79 Å². The smallest absolute Gasteiger partial charge is 0.248 e. The molecule has 26 heavy (non-hydrogen) atoms. The largest absolute Gasteiger partial charge is 0.497 e. The van der Waals surface area contributed by atoms with Crippen molar-refractivity contribution < 1.29 is 14.3 Å². The number of benzene rings is 1. The summed E-state index contributed by atoms with van der Waals surface area (Å²) in [7, 11) is 1.63. The third-order valence-corrected chi connectivity index (χ3v) is 4.51. The number of amides is 1. The Hall–Kier alpha value is -2.25. The molecule has 0 atom stereocenters. The minimum absolute atomic E-state index is 0. The number of aromatic nitrogens is 2. The average molecular weight is 381 g/mol. The molecule has 1 aliphatic rings. The number of methoxy groups -OCH3 is 1. The standard InChI is InChI=1S/C18H24N4O3.ClH/c1-24-15-3-5-16(6-4-15)25-14-12-20-17(23)18(7-10-19-11-8-18)22-13-2-9-21-22;/h2-6,9,13,19H,7-8,10-12,14H2,1H3,(H,20,23);1H. The zero-order valence-corrected chi connectivity index (χ0v) is 15.6. The molecule has 1 saturated heterocycles. The van der Waals surface area contributed by atoms with E-state index in [2.05, 4.69) is 15.7 Å². The lowest BCUT2D eigenvalue weighted by molar-refractivity contribution is -0.132. The van der Waals surface area contributed by atoms with Crippen LogP contribution in [0.2, 0.25) is 0 Å². The van der Waals surface area contributed by atoms with Crippen molar-refractivity contribution in [2.75, 3.05) is 33.4 Å². The van der Waals surface area contributed by atoms with Crippen LogP contribution < -0.4 is 20.1 Å². The fourth-order valence-electron chi connectivity index (χ4n) is 3.09. The van der Waals surface area contributed by atoms with Gasteiger partial charge in [0.25, 0.3) is 0 Å². The summed E-state index contributed by atoms with van der Waals surface area (Å²) in [5.74, 6) is 1.53. The van der Waals surface area contributed by atoms with Gasteiger partial charge in [-0.05, 0) is 56.3 Å². The van der Waals surface area contributed by atoms with E-state index in [1.165, 1.54) is 0 Å². The van der Waals surface area contributed by atoms with Gasteiger partial charge in [0.05, 0.1) is 13.7 Å². The first-order chi connectivity index (χ1) is 12.2. The normalized spacial score (nSPS) is 15.6. The number of nitrogens with one attached hydrogen (secondary N) is 2. The highest BCUT2D eigenvalue weighted by atomic mass is 35.5. The first-order valence-corrected chi connectivity index (χ1v) is 8.51. The molecular formula is C18H25ClN4O3. The zero-order chi connectivity index (χ0) is 17.5. The molecule has 2 aromatic rings. The maximum Gasteiger partial charge on any atom is 0.248 e. The highest BCUT2D eigenvalue weighted by Crippen LogP contribution is 2.27.